The summed E-state index contributed by atoms with van der Waals surface area (Å²) in [5.41, 5.74) is 3.36. The quantitative estimate of drug-likeness (QED) is 0.671. The van der Waals surface area contributed by atoms with Gasteiger partial charge in [-0.25, -0.2) is 0 Å². The van der Waals surface area contributed by atoms with Crippen molar-refractivity contribution in [2.24, 2.45) is 4.99 Å². The fraction of sp³-hybridized carbons (Fsp3) is 0.118. The van der Waals surface area contributed by atoms with E-state index in [0.717, 1.165) is 22.4 Å². The first-order chi connectivity index (χ1) is 11.0. The summed E-state index contributed by atoms with van der Waals surface area (Å²) in [6, 6.07) is 5.91. The van der Waals surface area contributed by atoms with E-state index in [-0.39, 0.29) is 16.2 Å². The van der Waals surface area contributed by atoms with Gasteiger partial charge in [-0.05, 0) is 37.4 Å². The molecule has 1 aliphatic rings. The fourth-order valence-corrected chi connectivity index (χ4v) is 2.73. The lowest BCUT2D eigenvalue weighted by molar-refractivity contribution is 0.413. The summed E-state index contributed by atoms with van der Waals surface area (Å²) in [5.74, 6) is -0.180. The minimum Gasteiger partial charge on any atom is -0.494 e. The van der Waals surface area contributed by atoms with Crippen LogP contribution in [-0.4, -0.2) is 20.9 Å². The molecular formula is C17H15N3O2S. The Kier molecular flexibility index (Phi) is 3.83. The number of allylic oxidation sites excluding steroid dienone is 2. The van der Waals surface area contributed by atoms with Crippen LogP contribution in [0.2, 0.25) is 0 Å². The normalized spacial score (nSPS) is 14.2. The van der Waals surface area contributed by atoms with Crippen molar-refractivity contribution in [3.05, 3.63) is 62.7 Å². The molecule has 0 atom stereocenters. The summed E-state index contributed by atoms with van der Waals surface area (Å²) >= 11 is 5.07. The van der Waals surface area contributed by atoms with Crippen LogP contribution >= 0.6 is 12.2 Å². The number of hydrogen-bond donors (Lipinski definition) is 2. The molecule has 1 aliphatic heterocycles. The molecule has 1 aromatic heterocycles. The van der Waals surface area contributed by atoms with Gasteiger partial charge in [0.2, 0.25) is 5.88 Å². The number of aromatic hydroxyl groups is 1. The van der Waals surface area contributed by atoms with Crippen LogP contribution in [0.1, 0.15) is 16.7 Å². The molecule has 23 heavy (non-hydrogen) atoms. The molecule has 0 unspecified atom stereocenters. The van der Waals surface area contributed by atoms with E-state index in [2.05, 4.69) is 16.6 Å². The van der Waals surface area contributed by atoms with Crippen molar-refractivity contribution >= 4 is 35.8 Å². The molecule has 0 fully saturated rings. The third-order valence-corrected chi connectivity index (χ3v) is 3.95. The largest absolute Gasteiger partial charge is 0.494 e. The van der Waals surface area contributed by atoms with Gasteiger partial charge in [-0.1, -0.05) is 17.7 Å². The van der Waals surface area contributed by atoms with Gasteiger partial charge in [-0.2, -0.15) is 0 Å². The summed E-state index contributed by atoms with van der Waals surface area (Å²) in [5, 5.41) is 10.4. The Morgan fingerprint density at radius 2 is 2.26 bits per heavy atom. The Bertz CT molecular complexity index is 980. The molecule has 116 valence electrons. The summed E-state index contributed by atoms with van der Waals surface area (Å²) in [6.45, 7) is 5.92. The Morgan fingerprint density at radius 1 is 1.48 bits per heavy atom. The summed E-state index contributed by atoms with van der Waals surface area (Å²) in [7, 11) is 0. The van der Waals surface area contributed by atoms with Gasteiger partial charge in [-0.3, -0.25) is 19.3 Å². The molecule has 0 spiro atoms. The Balaban J connectivity index is 2.19. The molecule has 1 aromatic carbocycles. The molecule has 0 radical (unpaired) electrons. The van der Waals surface area contributed by atoms with Gasteiger partial charge in [0, 0.05) is 23.9 Å². The zero-order valence-corrected chi connectivity index (χ0v) is 13.4. The standard InChI is InChI=1S/C17H15N3O2S/c1-3-6-20-16(22)13(15(21)19-17(20)23)8-11-9-18-14-5-4-10(2)7-12(11)14/h3-5,7-9,22H,1,6H2,2H3,(H,19,21,23). The first-order valence-electron chi connectivity index (χ1n) is 7.05. The number of benzene rings is 1. The van der Waals surface area contributed by atoms with E-state index in [1.165, 1.54) is 4.57 Å². The van der Waals surface area contributed by atoms with Gasteiger partial charge in [0.15, 0.2) is 4.77 Å². The molecule has 0 aliphatic carbocycles. The van der Waals surface area contributed by atoms with Gasteiger partial charge < -0.3 is 5.11 Å². The van der Waals surface area contributed by atoms with Gasteiger partial charge in [0.05, 0.1) is 5.69 Å². The number of aromatic amines is 1. The van der Waals surface area contributed by atoms with Crippen LogP contribution in [0.25, 0.3) is 11.6 Å². The number of rotatable bonds is 3. The van der Waals surface area contributed by atoms with E-state index < -0.39 is 5.56 Å². The van der Waals surface area contributed by atoms with Gasteiger partial charge in [-0.15, -0.1) is 6.58 Å². The van der Waals surface area contributed by atoms with Crippen molar-refractivity contribution in [2.45, 2.75) is 13.5 Å². The van der Waals surface area contributed by atoms with Crippen molar-refractivity contribution in [2.75, 3.05) is 0 Å². The van der Waals surface area contributed by atoms with E-state index in [0.29, 0.717) is 6.54 Å². The molecule has 0 saturated heterocycles. The van der Waals surface area contributed by atoms with Crippen LogP contribution in [-0.2, 0) is 6.54 Å². The zero-order valence-electron chi connectivity index (χ0n) is 12.5. The lowest BCUT2D eigenvalue weighted by Gasteiger charge is -2.09. The topological polar surface area (TPSA) is 70.4 Å². The lowest BCUT2D eigenvalue weighted by atomic mass is 10.0. The van der Waals surface area contributed by atoms with Crippen molar-refractivity contribution in [1.82, 2.24) is 9.55 Å². The molecule has 0 amide bonds. The summed E-state index contributed by atoms with van der Waals surface area (Å²) in [4.78, 5) is 19.1. The number of nitrogens with one attached hydrogen (secondary N) is 1. The smallest absolute Gasteiger partial charge is 0.262 e. The van der Waals surface area contributed by atoms with E-state index in [9.17, 15) is 9.90 Å². The number of H-pyrrole nitrogens is 1. The molecule has 6 heteroatoms. The van der Waals surface area contributed by atoms with Crippen LogP contribution in [0.3, 0.4) is 0 Å². The lowest BCUT2D eigenvalue weighted by Crippen LogP contribution is -2.16. The highest BCUT2D eigenvalue weighted by atomic mass is 32.1. The Labute approximate surface area is 138 Å². The Morgan fingerprint density at radius 3 is 3.00 bits per heavy atom. The molecule has 0 bridgehead atoms. The molecule has 5 nitrogen and oxygen atoms in total. The monoisotopic (exact) mass is 325 g/mol. The summed E-state index contributed by atoms with van der Waals surface area (Å²) < 4.78 is 1.57. The van der Waals surface area contributed by atoms with Crippen LogP contribution < -0.4 is 5.56 Å². The predicted molar refractivity (Wildman–Crippen MR) is 95.0 cm³/mol. The second-order valence-corrected chi connectivity index (χ2v) is 5.66. The maximum absolute atomic E-state index is 12.2. The first kappa shape index (κ1) is 15.2. The molecular weight excluding hydrogens is 310 g/mol. The number of aromatic nitrogens is 2. The van der Waals surface area contributed by atoms with Crippen LogP contribution in [0.15, 0.2) is 40.6 Å². The van der Waals surface area contributed by atoms with E-state index in [4.69, 9.17) is 12.2 Å². The van der Waals surface area contributed by atoms with Crippen LogP contribution in [0.5, 0.6) is 5.88 Å². The third-order valence-electron chi connectivity index (χ3n) is 3.62. The average molecular weight is 325 g/mol. The molecule has 3 rings (SSSR count). The highest BCUT2D eigenvalue weighted by Crippen LogP contribution is 2.33. The van der Waals surface area contributed by atoms with Crippen LogP contribution in [0.4, 0.5) is 5.69 Å². The number of aryl methyl sites for hydroxylation is 1. The molecule has 2 heterocycles. The third kappa shape index (κ3) is 2.68. The second kappa shape index (κ2) is 5.81. The highest BCUT2D eigenvalue weighted by molar-refractivity contribution is 7.71. The van der Waals surface area contributed by atoms with Gasteiger partial charge >= 0.3 is 0 Å². The van der Waals surface area contributed by atoms with E-state index in [1.54, 1.807) is 18.4 Å². The average Bonchev–Trinajstić information content (AvgIpc) is 2.90. The highest BCUT2D eigenvalue weighted by Gasteiger charge is 2.16. The maximum Gasteiger partial charge on any atom is 0.262 e. The SMILES string of the molecule is C=CCn1c(O)c(C=C2C=Nc3ccc(C)cc32)c(=O)[nH]c1=S. The van der Waals surface area contributed by atoms with Crippen molar-refractivity contribution < 1.29 is 5.11 Å². The van der Waals surface area contributed by atoms with E-state index >= 15 is 0 Å². The number of fused-ring (bicyclic) bond motifs is 1. The van der Waals surface area contributed by atoms with Gasteiger partial charge in [0.1, 0.15) is 5.56 Å². The van der Waals surface area contributed by atoms with Crippen LogP contribution in [0, 0.1) is 11.7 Å². The fourth-order valence-electron chi connectivity index (χ4n) is 2.48. The minimum absolute atomic E-state index is 0.149. The Hall–Kier alpha value is -2.73. The zero-order chi connectivity index (χ0) is 16.6. The number of nitrogens with zero attached hydrogens (tertiary/aromatic N) is 2. The van der Waals surface area contributed by atoms with Crippen molar-refractivity contribution in [3.8, 4) is 5.88 Å². The predicted octanol–water partition coefficient (Wildman–Crippen LogP) is 3.36. The molecule has 2 aromatic rings. The maximum atomic E-state index is 12.2. The van der Waals surface area contributed by atoms with E-state index in [1.807, 2.05) is 25.1 Å². The number of hydrogen-bond acceptors (Lipinski definition) is 4. The second-order valence-electron chi connectivity index (χ2n) is 5.27. The summed E-state index contributed by atoms with van der Waals surface area (Å²) in [6.07, 6.45) is 4.90. The van der Waals surface area contributed by atoms with Crippen molar-refractivity contribution in [1.29, 1.82) is 0 Å². The molecule has 0 saturated carbocycles. The number of aliphatic imine (C=N–C) groups is 1. The first-order valence-corrected chi connectivity index (χ1v) is 7.46. The molecule has 2 N–H and O–H groups in total. The van der Waals surface area contributed by atoms with Gasteiger partial charge in [0.25, 0.3) is 5.56 Å². The van der Waals surface area contributed by atoms with Crippen molar-refractivity contribution in [3.63, 3.8) is 0 Å². The minimum atomic E-state index is -0.435.